The molecule has 6 heteroatoms. The summed E-state index contributed by atoms with van der Waals surface area (Å²) in [5.74, 6) is 0.112. The quantitative estimate of drug-likeness (QED) is 0.825. The topological polar surface area (TPSA) is 58.4 Å². The Morgan fingerprint density at radius 3 is 2.95 bits per heavy atom. The SMILES string of the molecule is CN1CC[C@@H](C(=O)N2CCC[C@H]2Cn2cccn2)CC1=O. The van der Waals surface area contributed by atoms with Crippen LogP contribution in [0.1, 0.15) is 25.7 Å². The van der Waals surface area contributed by atoms with Crippen LogP contribution in [0.4, 0.5) is 0 Å². The lowest BCUT2D eigenvalue weighted by Crippen LogP contribution is -2.46. The number of carbonyl (C=O) groups is 2. The third-order valence-corrected chi connectivity index (χ3v) is 4.63. The molecule has 6 nitrogen and oxygen atoms in total. The Labute approximate surface area is 124 Å². The minimum atomic E-state index is -0.132. The van der Waals surface area contributed by atoms with E-state index in [1.807, 2.05) is 21.8 Å². The van der Waals surface area contributed by atoms with Gasteiger partial charge in [0.05, 0.1) is 12.6 Å². The molecule has 1 aromatic heterocycles. The second-order valence-corrected chi connectivity index (χ2v) is 6.06. The molecule has 2 aliphatic rings. The molecule has 3 heterocycles. The molecule has 0 N–H and O–H groups in total. The Kier molecular flexibility index (Phi) is 3.94. The summed E-state index contributed by atoms with van der Waals surface area (Å²) < 4.78 is 1.88. The molecule has 2 fully saturated rings. The third-order valence-electron chi connectivity index (χ3n) is 4.63. The molecule has 2 saturated heterocycles. The Hall–Kier alpha value is -1.85. The summed E-state index contributed by atoms with van der Waals surface area (Å²) in [5, 5.41) is 4.23. The minimum Gasteiger partial charge on any atom is -0.346 e. The average Bonchev–Trinajstić information content (AvgIpc) is 3.13. The molecule has 21 heavy (non-hydrogen) atoms. The Balaban J connectivity index is 1.64. The highest BCUT2D eigenvalue weighted by atomic mass is 16.2. The number of rotatable bonds is 3. The number of nitrogens with zero attached hydrogens (tertiary/aromatic N) is 4. The van der Waals surface area contributed by atoms with Gasteiger partial charge in [0.2, 0.25) is 11.8 Å². The Morgan fingerprint density at radius 2 is 2.24 bits per heavy atom. The van der Waals surface area contributed by atoms with Crippen LogP contribution in [0, 0.1) is 5.92 Å². The van der Waals surface area contributed by atoms with Gasteiger partial charge in [0.1, 0.15) is 0 Å². The molecular weight excluding hydrogens is 268 g/mol. The number of piperidine rings is 1. The van der Waals surface area contributed by atoms with Crippen molar-refractivity contribution in [3.63, 3.8) is 0 Å². The first kappa shape index (κ1) is 14.1. The summed E-state index contributed by atoms with van der Waals surface area (Å²) in [6, 6.07) is 2.11. The summed E-state index contributed by atoms with van der Waals surface area (Å²) in [6.45, 7) is 2.25. The lowest BCUT2D eigenvalue weighted by atomic mass is 9.94. The zero-order chi connectivity index (χ0) is 14.8. The molecule has 0 radical (unpaired) electrons. The molecule has 2 atom stereocenters. The smallest absolute Gasteiger partial charge is 0.226 e. The van der Waals surface area contributed by atoms with E-state index < -0.39 is 0 Å². The highest BCUT2D eigenvalue weighted by Crippen LogP contribution is 2.26. The largest absolute Gasteiger partial charge is 0.346 e. The van der Waals surface area contributed by atoms with Gasteiger partial charge in [0.25, 0.3) is 0 Å². The number of hydrogen-bond donors (Lipinski definition) is 0. The van der Waals surface area contributed by atoms with Gasteiger partial charge in [0.15, 0.2) is 0 Å². The van der Waals surface area contributed by atoms with E-state index in [9.17, 15) is 9.59 Å². The van der Waals surface area contributed by atoms with Crippen LogP contribution in [0.25, 0.3) is 0 Å². The van der Waals surface area contributed by atoms with Crippen molar-refractivity contribution in [2.75, 3.05) is 20.1 Å². The van der Waals surface area contributed by atoms with Crippen molar-refractivity contribution in [2.45, 2.75) is 38.3 Å². The molecule has 114 valence electrons. The van der Waals surface area contributed by atoms with Gasteiger partial charge in [-0.05, 0) is 25.3 Å². The van der Waals surface area contributed by atoms with Crippen molar-refractivity contribution < 1.29 is 9.59 Å². The monoisotopic (exact) mass is 290 g/mol. The zero-order valence-electron chi connectivity index (χ0n) is 12.4. The second-order valence-electron chi connectivity index (χ2n) is 6.06. The Morgan fingerprint density at radius 1 is 1.38 bits per heavy atom. The molecule has 3 rings (SSSR count). The van der Waals surface area contributed by atoms with Crippen molar-refractivity contribution >= 4 is 11.8 Å². The van der Waals surface area contributed by atoms with Crippen LogP contribution in [0.15, 0.2) is 18.5 Å². The van der Waals surface area contributed by atoms with Crippen LogP contribution < -0.4 is 0 Å². The van der Waals surface area contributed by atoms with Gasteiger partial charge in [-0.2, -0.15) is 5.10 Å². The van der Waals surface area contributed by atoms with Crippen LogP contribution in [0.5, 0.6) is 0 Å². The molecule has 0 aliphatic carbocycles. The molecule has 0 unspecified atom stereocenters. The lowest BCUT2D eigenvalue weighted by Gasteiger charge is -2.33. The normalized spacial score (nSPS) is 26.4. The van der Waals surface area contributed by atoms with Gasteiger partial charge in [-0.1, -0.05) is 0 Å². The van der Waals surface area contributed by atoms with Crippen LogP contribution in [0.2, 0.25) is 0 Å². The second kappa shape index (κ2) is 5.87. The molecule has 2 aliphatic heterocycles. The fraction of sp³-hybridized carbons (Fsp3) is 0.667. The van der Waals surface area contributed by atoms with Crippen molar-refractivity contribution in [3.8, 4) is 0 Å². The van der Waals surface area contributed by atoms with Gasteiger partial charge in [0, 0.05) is 44.9 Å². The van der Waals surface area contributed by atoms with Gasteiger partial charge in [-0.25, -0.2) is 0 Å². The number of likely N-dealkylation sites (tertiary alicyclic amines) is 2. The predicted molar refractivity (Wildman–Crippen MR) is 77.3 cm³/mol. The van der Waals surface area contributed by atoms with Crippen molar-refractivity contribution in [3.05, 3.63) is 18.5 Å². The van der Waals surface area contributed by atoms with Gasteiger partial charge < -0.3 is 9.80 Å². The average molecular weight is 290 g/mol. The predicted octanol–water partition coefficient (Wildman–Crippen LogP) is 0.742. The van der Waals surface area contributed by atoms with E-state index in [2.05, 4.69) is 5.10 Å². The first-order valence-corrected chi connectivity index (χ1v) is 7.67. The zero-order valence-corrected chi connectivity index (χ0v) is 12.4. The number of aromatic nitrogens is 2. The van der Waals surface area contributed by atoms with Crippen LogP contribution in [0.3, 0.4) is 0 Å². The van der Waals surface area contributed by atoms with Crippen LogP contribution >= 0.6 is 0 Å². The van der Waals surface area contributed by atoms with Gasteiger partial charge in [-0.3, -0.25) is 14.3 Å². The standard InChI is InChI=1S/C15H22N4O2/c1-17-9-5-12(10-14(17)20)15(21)19-8-2-4-13(19)11-18-7-3-6-16-18/h3,6-7,12-13H,2,4-5,8-11H2,1H3/t12-,13+/m1/s1. The summed E-state index contributed by atoms with van der Waals surface area (Å²) >= 11 is 0. The van der Waals surface area contributed by atoms with E-state index in [4.69, 9.17) is 0 Å². The van der Waals surface area contributed by atoms with E-state index in [1.54, 1.807) is 18.1 Å². The number of carbonyl (C=O) groups excluding carboxylic acids is 2. The van der Waals surface area contributed by atoms with E-state index in [1.165, 1.54) is 0 Å². The fourth-order valence-electron chi connectivity index (χ4n) is 3.33. The number of amides is 2. The summed E-state index contributed by atoms with van der Waals surface area (Å²) in [5.41, 5.74) is 0. The minimum absolute atomic E-state index is 0.0856. The molecule has 2 amide bonds. The highest BCUT2D eigenvalue weighted by molar-refractivity contribution is 5.87. The van der Waals surface area contributed by atoms with Crippen molar-refractivity contribution in [1.82, 2.24) is 19.6 Å². The van der Waals surface area contributed by atoms with Crippen LogP contribution in [-0.4, -0.2) is 57.6 Å². The van der Waals surface area contributed by atoms with Crippen molar-refractivity contribution in [2.24, 2.45) is 5.92 Å². The lowest BCUT2D eigenvalue weighted by molar-refractivity contribution is -0.145. The molecule has 0 aromatic carbocycles. The highest BCUT2D eigenvalue weighted by Gasteiger charge is 2.36. The van der Waals surface area contributed by atoms with Gasteiger partial charge >= 0.3 is 0 Å². The van der Waals surface area contributed by atoms with Crippen LogP contribution in [-0.2, 0) is 16.1 Å². The molecule has 1 aromatic rings. The summed E-state index contributed by atoms with van der Waals surface area (Å²) in [4.78, 5) is 28.2. The molecular formula is C15H22N4O2. The van der Waals surface area contributed by atoms with E-state index in [0.717, 1.165) is 32.4 Å². The maximum atomic E-state index is 12.7. The van der Waals surface area contributed by atoms with Crippen molar-refractivity contribution in [1.29, 1.82) is 0 Å². The summed E-state index contributed by atoms with van der Waals surface area (Å²) in [6.07, 6.45) is 6.90. The molecule has 0 saturated carbocycles. The number of hydrogen-bond acceptors (Lipinski definition) is 3. The first-order chi connectivity index (χ1) is 10.1. The maximum Gasteiger partial charge on any atom is 0.226 e. The summed E-state index contributed by atoms with van der Waals surface area (Å²) in [7, 11) is 1.80. The third kappa shape index (κ3) is 2.94. The molecule has 0 bridgehead atoms. The fourth-order valence-corrected chi connectivity index (χ4v) is 3.33. The molecule has 0 spiro atoms. The Bertz CT molecular complexity index is 514. The maximum absolute atomic E-state index is 12.7. The van der Waals surface area contributed by atoms with Gasteiger partial charge in [-0.15, -0.1) is 0 Å². The first-order valence-electron chi connectivity index (χ1n) is 7.67. The van der Waals surface area contributed by atoms with E-state index >= 15 is 0 Å². The van der Waals surface area contributed by atoms with E-state index in [0.29, 0.717) is 13.0 Å². The van der Waals surface area contributed by atoms with E-state index in [-0.39, 0.29) is 23.8 Å².